The number of aromatic nitrogens is 1. The van der Waals surface area contributed by atoms with E-state index >= 15 is 0 Å². The highest BCUT2D eigenvalue weighted by Crippen LogP contribution is 2.27. The number of primary amides is 1. The maximum atomic E-state index is 13.4. The van der Waals surface area contributed by atoms with Crippen LogP contribution in [0.2, 0.25) is 0 Å². The van der Waals surface area contributed by atoms with Crippen molar-refractivity contribution in [1.29, 1.82) is 0 Å². The number of nitrogens with zero attached hydrogens (tertiary/aromatic N) is 3. The molecule has 2 aromatic rings. The summed E-state index contributed by atoms with van der Waals surface area (Å²) < 4.78 is 13.4. The SMILES string of the molecule is CC(CN1CCC(c2ccc(F)c(C)n2)CC1)=Nc1ccc(C(N)=O)cc1C. The number of aryl methyl sites for hydroxylation is 2. The van der Waals surface area contributed by atoms with Crippen LogP contribution in [0.3, 0.4) is 0 Å². The second-order valence-corrected chi connectivity index (χ2v) is 7.57. The molecule has 28 heavy (non-hydrogen) atoms. The number of benzene rings is 1. The lowest BCUT2D eigenvalue weighted by molar-refractivity contribution is 0.1000. The minimum atomic E-state index is -0.427. The summed E-state index contributed by atoms with van der Waals surface area (Å²) in [5.41, 5.74) is 10.1. The fraction of sp³-hybridized carbons (Fsp3) is 0.409. The molecule has 5 nitrogen and oxygen atoms in total. The summed E-state index contributed by atoms with van der Waals surface area (Å²) in [5.74, 6) is -0.285. The first-order chi connectivity index (χ1) is 13.3. The van der Waals surface area contributed by atoms with Gasteiger partial charge in [-0.05, 0) is 82.6 Å². The van der Waals surface area contributed by atoms with Crippen LogP contribution in [0.4, 0.5) is 10.1 Å². The topological polar surface area (TPSA) is 71.6 Å². The van der Waals surface area contributed by atoms with E-state index in [1.54, 1.807) is 19.1 Å². The van der Waals surface area contributed by atoms with Crippen LogP contribution in [0.25, 0.3) is 0 Å². The van der Waals surface area contributed by atoms with Crippen molar-refractivity contribution in [1.82, 2.24) is 9.88 Å². The zero-order valence-electron chi connectivity index (χ0n) is 16.7. The molecule has 1 saturated heterocycles. The summed E-state index contributed by atoms with van der Waals surface area (Å²) in [4.78, 5) is 22.8. The zero-order chi connectivity index (χ0) is 20.3. The van der Waals surface area contributed by atoms with Crippen LogP contribution in [0.5, 0.6) is 0 Å². The van der Waals surface area contributed by atoms with Crippen LogP contribution in [0.1, 0.15) is 53.0 Å². The van der Waals surface area contributed by atoms with E-state index in [0.717, 1.165) is 55.1 Å². The molecule has 1 aromatic heterocycles. The molecule has 0 spiro atoms. The fourth-order valence-corrected chi connectivity index (χ4v) is 3.68. The third kappa shape index (κ3) is 4.81. The number of hydrogen-bond acceptors (Lipinski definition) is 4. The Morgan fingerprint density at radius 2 is 1.96 bits per heavy atom. The van der Waals surface area contributed by atoms with Crippen LogP contribution in [-0.4, -0.2) is 41.1 Å². The highest BCUT2D eigenvalue weighted by molar-refractivity contribution is 5.94. The van der Waals surface area contributed by atoms with Crippen molar-refractivity contribution in [2.75, 3.05) is 19.6 Å². The summed E-state index contributed by atoms with van der Waals surface area (Å²) in [6, 6.07) is 8.66. The standard InChI is InChI=1S/C22H27FN4O/c1-14-12-18(22(24)28)4-6-20(14)25-15(2)13-27-10-8-17(9-11-27)21-7-5-19(23)16(3)26-21/h4-7,12,17H,8-11,13H2,1-3H3,(H2,24,28). The lowest BCUT2D eigenvalue weighted by atomic mass is 9.92. The maximum Gasteiger partial charge on any atom is 0.248 e. The number of likely N-dealkylation sites (tertiary alicyclic amines) is 1. The van der Waals surface area contributed by atoms with Crippen molar-refractivity contribution in [3.05, 3.63) is 58.7 Å². The maximum absolute atomic E-state index is 13.4. The molecule has 0 bridgehead atoms. The van der Waals surface area contributed by atoms with E-state index in [9.17, 15) is 9.18 Å². The molecule has 2 N–H and O–H groups in total. The fourth-order valence-electron chi connectivity index (χ4n) is 3.68. The Morgan fingerprint density at radius 1 is 1.25 bits per heavy atom. The molecule has 3 rings (SSSR count). The lowest BCUT2D eigenvalue weighted by Crippen LogP contribution is -2.36. The molecule has 6 heteroatoms. The number of carbonyl (C=O) groups excluding carboxylic acids is 1. The molecule has 1 amide bonds. The largest absolute Gasteiger partial charge is 0.366 e. The van der Waals surface area contributed by atoms with Gasteiger partial charge in [0, 0.05) is 29.4 Å². The van der Waals surface area contributed by atoms with Gasteiger partial charge in [0.1, 0.15) is 5.82 Å². The van der Waals surface area contributed by atoms with Crippen LogP contribution < -0.4 is 5.73 Å². The Balaban J connectivity index is 1.59. The van der Waals surface area contributed by atoms with Gasteiger partial charge in [-0.2, -0.15) is 0 Å². The molecule has 0 saturated carbocycles. The van der Waals surface area contributed by atoms with E-state index in [1.807, 2.05) is 26.0 Å². The third-order valence-electron chi connectivity index (χ3n) is 5.29. The second kappa shape index (κ2) is 8.61. The van der Waals surface area contributed by atoms with Crippen molar-refractivity contribution in [2.24, 2.45) is 10.7 Å². The van der Waals surface area contributed by atoms with Gasteiger partial charge in [-0.25, -0.2) is 4.39 Å². The van der Waals surface area contributed by atoms with Gasteiger partial charge in [0.05, 0.1) is 11.4 Å². The van der Waals surface area contributed by atoms with Gasteiger partial charge in [-0.1, -0.05) is 0 Å². The second-order valence-electron chi connectivity index (χ2n) is 7.57. The van der Waals surface area contributed by atoms with Gasteiger partial charge in [0.25, 0.3) is 0 Å². The summed E-state index contributed by atoms with van der Waals surface area (Å²) in [5, 5.41) is 0. The summed E-state index contributed by atoms with van der Waals surface area (Å²) in [6.07, 6.45) is 2.02. The number of hydrogen-bond donors (Lipinski definition) is 1. The molecular weight excluding hydrogens is 355 g/mol. The first-order valence-corrected chi connectivity index (χ1v) is 9.63. The van der Waals surface area contributed by atoms with Crippen LogP contribution in [0.15, 0.2) is 35.3 Å². The molecule has 0 unspecified atom stereocenters. The molecule has 1 aromatic carbocycles. The molecule has 1 fully saturated rings. The van der Waals surface area contributed by atoms with Crippen molar-refractivity contribution in [3.8, 4) is 0 Å². The molecule has 0 aliphatic carbocycles. The van der Waals surface area contributed by atoms with Gasteiger partial charge in [0.2, 0.25) is 5.91 Å². The molecule has 0 radical (unpaired) electrons. The Kier molecular flexibility index (Phi) is 6.19. The van der Waals surface area contributed by atoms with E-state index in [-0.39, 0.29) is 5.82 Å². The van der Waals surface area contributed by atoms with E-state index in [1.165, 1.54) is 6.07 Å². The van der Waals surface area contributed by atoms with Gasteiger partial charge in [-0.3, -0.25) is 19.7 Å². The van der Waals surface area contributed by atoms with Gasteiger partial charge in [-0.15, -0.1) is 0 Å². The zero-order valence-corrected chi connectivity index (χ0v) is 16.7. The van der Waals surface area contributed by atoms with E-state index in [0.29, 0.717) is 17.2 Å². The average Bonchev–Trinajstić information content (AvgIpc) is 2.66. The predicted molar refractivity (Wildman–Crippen MR) is 110 cm³/mol. The first-order valence-electron chi connectivity index (χ1n) is 9.63. The molecule has 2 heterocycles. The number of carbonyl (C=O) groups is 1. The summed E-state index contributed by atoms with van der Waals surface area (Å²) in [6.45, 7) is 8.41. The summed E-state index contributed by atoms with van der Waals surface area (Å²) >= 11 is 0. The van der Waals surface area contributed by atoms with Gasteiger partial charge in [0.15, 0.2) is 0 Å². The lowest BCUT2D eigenvalue weighted by Gasteiger charge is -2.31. The van der Waals surface area contributed by atoms with Crippen molar-refractivity contribution >= 4 is 17.3 Å². The average molecular weight is 382 g/mol. The molecule has 1 aliphatic heterocycles. The number of nitrogens with two attached hydrogens (primary N) is 1. The molecule has 1 aliphatic rings. The quantitative estimate of drug-likeness (QED) is 0.797. The van der Waals surface area contributed by atoms with E-state index in [2.05, 4.69) is 9.88 Å². The molecular formula is C22H27FN4O. The van der Waals surface area contributed by atoms with Crippen molar-refractivity contribution in [3.63, 3.8) is 0 Å². The monoisotopic (exact) mass is 382 g/mol. The van der Waals surface area contributed by atoms with Gasteiger partial charge >= 0.3 is 0 Å². The first kappa shape index (κ1) is 20.1. The van der Waals surface area contributed by atoms with Crippen LogP contribution in [-0.2, 0) is 0 Å². The molecule has 0 atom stereocenters. The number of rotatable bonds is 5. The number of amides is 1. The van der Waals surface area contributed by atoms with E-state index < -0.39 is 5.91 Å². The number of aliphatic imine (C=N–C) groups is 1. The minimum absolute atomic E-state index is 0.243. The van der Waals surface area contributed by atoms with Crippen molar-refractivity contribution < 1.29 is 9.18 Å². The predicted octanol–water partition coefficient (Wildman–Crippen LogP) is 3.91. The van der Waals surface area contributed by atoms with Crippen LogP contribution >= 0.6 is 0 Å². The number of pyridine rings is 1. The number of piperidine rings is 1. The highest BCUT2D eigenvalue weighted by atomic mass is 19.1. The normalized spacial score (nSPS) is 16.4. The Labute approximate surface area is 165 Å². The van der Waals surface area contributed by atoms with Crippen molar-refractivity contribution in [2.45, 2.75) is 39.5 Å². The minimum Gasteiger partial charge on any atom is -0.366 e. The number of halogens is 1. The van der Waals surface area contributed by atoms with Gasteiger partial charge < -0.3 is 5.73 Å². The smallest absolute Gasteiger partial charge is 0.248 e. The summed E-state index contributed by atoms with van der Waals surface area (Å²) in [7, 11) is 0. The Bertz CT molecular complexity index is 901. The van der Waals surface area contributed by atoms with Crippen LogP contribution in [0, 0.1) is 19.7 Å². The Hall–Kier alpha value is -2.60. The molecule has 148 valence electrons. The highest BCUT2D eigenvalue weighted by Gasteiger charge is 2.22. The third-order valence-corrected chi connectivity index (χ3v) is 5.29. The van der Waals surface area contributed by atoms with E-state index in [4.69, 9.17) is 10.7 Å². The Morgan fingerprint density at radius 3 is 2.57 bits per heavy atom.